The maximum absolute atomic E-state index is 12.1. The van der Waals surface area contributed by atoms with Crippen molar-refractivity contribution >= 4 is 35.0 Å². The van der Waals surface area contributed by atoms with Gasteiger partial charge in [-0.25, -0.2) is 4.98 Å². The van der Waals surface area contributed by atoms with Crippen LogP contribution in [-0.2, 0) is 4.79 Å². The van der Waals surface area contributed by atoms with Crippen molar-refractivity contribution in [1.29, 1.82) is 0 Å². The molecule has 0 aromatic carbocycles. The highest BCUT2D eigenvalue weighted by Gasteiger charge is 2.37. The zero-order valence-electron chi connectivity index (χ0n) is 9.00. The number of hydrogen-bond donors (Lipinski definition) is 1. The average Bonchev–Trinajstić information content (AvgIpc) is 2.66. The van der Waals surface area contributed by atoms with Gasteiger partial charge in [0.05, 0.1) is 4.75 Å². The molecule has 1 aromatic rings. The number of hydrogen-bond acceptors (Lipinski definition) is 3. The minimum absolute atomic E-state index is 0.0530. The van der Waals surface area contributed by atoms with Gasteiger partial charge in [-0.3, -0.25) is 4.79 Å². The predicted molar refractivity (Wildman–Crippen MR) is 68.0 cm³/mol. The van der Waals surface area contributed by atoms with Crippen molar-refractivity contribution in [2.24, 2.45) is 0 Å². The van der Waals surface area contributed by atoms with E-state index in [1.807, 2.05) is 6.92 Å². The summed E-state index contributed by atoms with van der Waals surface area (Å²) < 4.78 is -0.296. The van der Waals surface area contributed by atoms with Crippen LogP contribution in [0.15, 0.2) is 18.3 Å². The maximum atomic E-state index is 12.1. The third kappa shape index (κ3) is 2.50. The molecule has 5 heteroatoms. The van der Waals surface area contributed by atoms with Crippen LogP contribution in [0.2, 0.25) is 5.15 Å². The Hall–Kier alpha value is -0.740. The fourth-order valence-electron chi connectivity index (χ4n) is 1.70. The Morgan fingerprint density at radius 3 is 3.12 bits per heavy atom. The molecule has 3 nitrogen and oxygen atoms in total. The lowest BCUT2D eigenvalue weighted by molar-refractivity contribution is -0.118. The van der Waals surface area contributed by atoms with Crippen LogP contribution < -0.4 is 5.32 Å². The molecule has 0 spiro atoms. The first-order chi connectivity index (χ1) is 7.60. The minimum atomic E-state index is -0.296. The number of aromatic nitrogens is 1. The van der Waals surface area contributed by atoms with E-state index in [-0.39, 0.29) is 10.7 Å². The molecule has 0 radical (unpaired) electrons. The molecule has 0 bridgehead atoms. The van der Waals surface area contributed by atoms with Gasteiger partial charge < -0.3 is 5.32 Å². The zero-order valence-corrected chi connectivity index (χ0v) is 10.6. The second-order valence-electron chi connectivity index (χ2n) is 4.00. The van der Waals surface area contributed by atoms with Gasteiger partial charge in [0.15, 0.2) is 0 Å². The standard InChI is InChI=1S/C11H13ClN2OS/c1-11(4-2-6-16-11)10(15)14-8-3-5-13-9(12)7-8/h3,5,7H,2,4,6H2,1H3,(H,13,14,15). The molecule has 1 aliphatic heterocycles. The molecule has 86 valence electrons. The maximum Gasteiger partial charge on any atom is 0.240 e. The first kappa shape index (κ1) is 11.7. The highest BCUT2D eigenvalue weighted by atomic mass is 35.5. The summed E-state index contributed by atoms with van der Waals surface area (Å²) in [6, 6.07) is 3.40. The Balaban J connectivity index is 2.07. The van der Waals surface area contributed by atoms with E-state index in [0.717, 1.165) is 18.6 Å². The lowest BCUT2D eigenvalue weighted by Crippen LogP contribution is -2.34. The van der Waals surface area contributed by atoms with Gasteiger partial charge in [0, 0.05) is 11.9 Å². The molecule has 1 amide bonds. The van der Waals surface area contributed by atoms with Crippen molar-refractivity contribution in [3.63, 3.8) is 0 Å². The van der Waals surface area contributed by atoms with E-state index in [1.54, 1.807) is 30.1 Å². The highest BCUT2D eigenvalue weighted by molar-refractivity contribution is 8.01. The predicted octanol–water partition coefficient (Wildman–Crippen LogP) is 2.96. The number of nitrogens with one attached hydrogen (secondary N) is 1. The van der Waals surface area contributed by atoms with Crippen LogP contribution in [0.5, 0.6) is 0 Å². The Morgan fingerprint density at radius 2 is 2.50 bits per heavy atom. The summed E-state index contributed by atoms with van der Waals surface area (Å²) in [4.78, 5) is 15.9. The molecule has 1 aromatic heterocycles. The third-order valence-corrected chi connectivity index (χ3v) is 4.41. The summed E-state index contributed by atoms with van der Waals surface area (Å²) in [6.45, 7) is 1.99. The number of pyridine rings is 1. The number of carbonyl (C=O) groups excluding carboxylic acids is 1. The number of carbonyl (C=O) groups is 1. The number of halogens is 1. The third-order valence-electron chi connectivity index (χ3n) is 2.68. The van der Waals surface area contributed by atoms with Crippen molar-refractivity contribution in [3.05, 3.63) is 23.5 Å². The molecular weight excluding hydrogens is 244 g/mol. The summed E-state index contributed by atoms with van der Waals surface area (Å²) in [5, 5.41) is 3.27. The van der Waals surface area contributed by atoms with E-state index in [0.29, 0.717) is 10.8 Å². The van der Waals surface area contributed by atoms with Crippen LogP contribution in [0.25, 0.3) is 0 Å². The van der Waals surface area contributed by atoms with Gasteiger partial charge in [-0.15, -0.1) is 11.8 Å². The van der Waals surface area contributed by atoms with Gasteiger partial charge in [-0.2, -0.15) is 0 Å². The smallest absolute Gasteiger partial charge is 0.240 e. The second-order valence-corrected chi connectivity index (χ2v) is 5.99. The molecule has 2 heterocycles. The van der Waals surface area contributed by atoms with E-state index < -0.39 is 0 Å². The fraction of sp³-hybridized carbons (Fsp3) is 0.455. The van der Waals surface area contributed by atoms with Gasteiger partial charge in [0.1, 0.15) is 5.15 Å². The second kappa shape index (κ2) is 4.63. The van der Waals surface area contributed by atoms with Crippen LogP contribution in [0, 0.1) is 0 Å². The minimum Gasteiger partial charge on any atom is -0.325 e. The largest absolute Gasteiger partial charge is 0.325 e. The first-order valence-electron chi connectivity index (χ1n) is 5.17. The normalized spacial score (nSPS) is 24.4. The molecule has 1 atom stereocenters. The summed E-state index contributed by atoms with van der Waals surface area (Å²) in [5.74, 6) is 1.11. The Kier molecular flexibility index (Phi) is 3.40. The summed E-state index contributed by atoms with van der Waals surface area (Å²) >= 11 is 7.47. The monoisotopic (exact) mass is 256 g/mol. The molecule has 2 rings (SSSR count). The SMILES string of the molecule is CC1(C(=O)Nc2ccnc(Cl)c2)CCCS1. The van der Waals surface area contributed by atoms with Gasteiger partial charge in [-0.1, -0.05) is 11.6 Å². The van der Waals surface area contributed by atoms with Crippen LogP contribution in [0.3, 0.4) is 0 Å². The lowest BCUT2D eigenvalue weighted by atomic mass is 10.0. The number of amides is 1. The highest BCUT2D eigenvalue weighted by Crippen LogP contribution is 2.38. The molecule has 16 heavy (non-hydrogen) atoms. The molecule has 1 unspecified atom stereocenters. The first-order valence-corrected chi connectivity index (χ1v) is 6.53. The van der Waals surface area contributed by atoms with Crippen LogP contribution in [-0.4, -0.2) is 21.4 Å². The molecule has 1 N–H and O–H groups in total. The molecule has 1 fully saturated rings. The molecule has 1 aliphatic rings. The number of nitrogens with zero attached hydrogens (tertiary/aromatic N) is 1. The van der Waals surface area contributed by atoms with Crippen molar-refractivity contribution in [1.82, 2.24) is 4.98 Å². The van der Waals surface area contributed by atoms with E-state index in [4.69, 9.17) is 11.6 Å². The van der Waals surface area contributed by atoms with Crippen LogP contribution in [0.4, 0.5) is 5.69 Å². The molecule has 1 saturated heterocycles. The van der Waals surface area contributed by atoms with Crippen LogP contribution >= 0.6 is 23.4 Å². The summed E-state index contributed by atoms with van der Waals surface area (Å²) in [6.07, 6.45) is 3.62. The number of thioether (sulfide) groups is 1. The van der Waals surface area contributed by atoms with E-state index >= 15 is 0 Å². The van der Waals surface area contributed by atoms with E-state index in [9.17, 15) is 4.79 Å². The van der Waals surface area contributed by atoms with Gasteiger partial charge >= 0.3 is 0 Å². The topological polar surface area (TPSA) is 42.0 Å². The van der Waals surface area contributed by atoms with Crippen LogP contribution in [0.1, 0.15) is 19.8 Å². The summed E-state index contributed by atoms with van der Waals surface area (Å²) in [7, 11) is 0. The Bertz CT molecular complexity index is 405. The van der Waals surface area contributed by atoms with Gasteiger partial charge in [-0.05, 0) is 37.7 Å². The van der Waals surface area contributed by atoms with Crippen molar-refractivity contribution in [2.75, 3.05) is 11.1 Å². The Morgan fingerprint density at radius 1 is 1.69 bits per heavy atom. The van der Waals surface area contributed by atoms with Gasteiger partial charge in [0.25, 0.3) is 0 Å². The van der Waals surface area contributed by atoms with E-state index in [2.05, 4.69) is 10.3 Å². The van der Waals surface area contributed by atoms with Gasteiger partial charge in [0.2, 0.25) is 5.91 Å². The molecular formula is C11H13ClN2OS. The Labute approximate surface area is 104 Å². The summed E-state index contributed by atoms with van der Waals surface area (Å²) in [5.41, 5.74) is 0.707. The zero-order chi connectivity index (χ0) is 11.6. The van der Waals surface area contributed by atoms with Crippen molar-refractivity contribution in [3.8, 4) is 0 Å². The number of rotatable bonds is 2. The lowest BCUT2D eigenvalue weighted by Gasteiger charge is -2.21. The molecule has 0 saturated carbocycles. The average molecular weight is 257 g/mol. The van der Waals surface area contributed by atoms with E-state index in [1.165, 1.54) is 0 Å². The molecule has 0 aliphatic carbocycles. The fourth-order valence-corrected chi connectivity index (χ4v) is 3.09. The van der Waals surface area contributed by atoms with Crippen molar-refractivity contribution < 1.29 is 4.79 Å². The number of anilines is 1. The van der Waals surface area contributed by atoms with Crippen molar-refractivity contribution in [2.45, 2.75) is 24.5 Å². The quantitative estimate of drug-likeness (QED) is 0.828.